The standard InChI is InChI=1S/C49H56N4O11P2/c1-8-13-16-31-32-17-14-19-42(63-65-52-38(25-27-40(52)48(56)60-11-4)29(6)34-21-23-36(50-34)46(54)58-9-2)44(32)62-45-33(31)18-15-20-43(45)64-66-53-39(26-28-41(53)49(57)61-12-5)30(7)35-22-24-37(51-35)47(55)59-10-3/h14-15,17-31,50-51,65-66H,8-13,16H2,1-7H3. The lowest BCUT2D eigenvalue weighted by molar-refractivity contribution is 0.0508. The highest BCUT2D eigenvalue weighted by Crippen LogP contribution is 2.54. The number of H-pyrrole nitrogens is 2. The third-order valence-corrected chi connectivity index (χ3v) is 13.3. The van der Waals surface area contributed by atoms with E-state index in [1.54, 1.807) is 60.6 Å². The van der Waals surface area contributed by atoms with Gasteiger partial charge in [0.2, 0.25) is 0 Å². The molecule has 2 N–H and O–H groups in total. The molecule has 15 nitrogen and oxygen atoms in total. The number of ether oxygens (including phenoxy) is 5. The van der Waals surface area contributed by atoms with Crippen LogP contribution in [0.1, 0.15) is 161 Å². The van der Waals surface area contributed by atoms with Crippen LogP contribution in [0, 0.1) is 0 Å². The van der Waals surface area contributed by atoms with E-state index < -0.39 is 41.8 Å². The third kappa shape index (κ3) is 10.1. The number of aromatic amines is 2. The molecule has 0 saturated heterocycles. The van der Waals surface area contributed by atoms with Crippen molar-refractivity contribution < 1.29 is 51.9 Å². The van der Waals surface area contributed by atoms with Crippen LogP contribution in [0.15, 0.2) is 84.9 Å². The first-order valence-electron chi connectivity index (χ1n) is 22.3. The van der Waals surface area contributed by atoms with Gasteiger partial charge in [-0.15, -0.1) is 0 Å². The van der Waals surface area contributed by atoms with E-state index in [4.69, 9.17) is 32.7 Å². The molecule has 0 amide bonds. The molecule has 1 aliphatic rings. The van der Waals surface area contributed by atoms with Gasteiger partial charge in [0.25, 0.3) is 0 Å². The lowest BCUT2D eigenvalue weighted by atomic mass is 9.84. The van der Waals surface area contributed by atoms with E-state index in [1.807, 2.05) is 62.4 Å². The molecule has 0 fully saturated rings. The monoisotopic (exact) mass is 938 g/mol. The molecule has 6 aromatic rings. The molecule has 0 radical (unpaired) electrons. The number of para-hydroxylation sites is 2. The maximum Gasteiger partial charge on any atom is 0.355 e. The summed E-state index contributed by atoms with van der Waals surface area (Å²) in [7, 11) is -0.810. The van der Waals surface area contributed by atoms with Crippen molar-refractivity contribution in [3.63, 3.8) is 0 Å². The number of nitrogens with one attached hydrogen (secondary N) is 2. The Kier molecular flexibility index (Phi) is 15.7. The van der Waals surface area contributed by atoms with Gasteiger partial charge in [-0.05, 0) is 94.8 Å². The van der Waals surface area contributed by atoms with Crippen LogP contribution in [0.4, 0.5) is 0 Å². The lowest BCUT2D eigenvalue weighted by Gasteiger charge is -2.30. The highest BCUT2D eigenvalue weighted by molar-refractivity contribution is 7.31. The van der Waals surface area contributed by atoms with Crippen molar-refractivity contribution in [2.75, 3.05) is 26.4 Å². The molecule has 7 rings (SSSR count). The van der Waals surface area contributed by atoms with Gasteiger partial charge >= 0.3 is 23.9 Å². The zero-order valence-electron chi connectivity index (χ0n) is 38.1. The van der Waals surface area contributed by atoms with Crippen LogP contribution in [0.2, 0.25) is 0 Å². The quantitative estimate of drug-likeness (QED) is 0.0399. The summed E-state index contributed by atoms with van der Waals surface area (Å²) < 4.78 is 45.1. The first-order valence-corrected chi connectivity index (χ1v) is 24.0. The van der Waals surface area contributed by atoms with Gasteiger partial charge < -0.3 is 42.7 Å². The Balaban J connectivity index is 1.20. The molecule has 4 unspecified atom stereocenters. The number of fused-ring (bicyclic) bond motifs is 2. The van der Waals surface area contributed by atoms with Gasteiger partial charge in [-0.25, -0.2) is 19.2 Å². The van der Waals surface area contributed by atoms with Crippen molar-refractivity contribution in [3.05, 3.63) is 142 Å². The number of unbranched alkanes of at least 4 members (excludes halogenated alkanes) is 1. The van der Waals surface area contributed by atoms with Crippen molar-refractivity contribution >= 4 is 41.8 Å². The third-order valence-electron chi connectivity index (χ3n) is 11.3. The second kappa shape index (κ2) is 21.8. The molecule has 66 heavy (non-hydrogen) atoms. The number of rotatable bonds is 21. The second-order valence-corrected chi connectivity index (χ2v) is 17.1. The van der Waals surface area contributed by atoms with Crippen LogP contribution < -0.4 is 13.8 Å². The SMILES string of the molecule is CCCCC1c2cccc(OPn3c(C(=O)OCC)ccc3C(C)c3ccc(C(=O)OCC)[nH]3)c2Oc2c(OPn3c(C(=O)OCC)ccc3C(C)c3ccc(C(=O)OCC)[nH]3)cccc21. The first kappa shape index (κ1) is 47.7. The number of carbonyl (C=O) groups is 4. The van der Waals surface area contributed by atoms with Gasteiger partial charge in [0.1, 0.15) is 22.8 Å². The smallest absolute Gasteiger partial charge is 0.355 e. The van der Waals surface area contributed by atoms with Crippen LogP contribution in [-0.2, 0) is 18.9 Å². The Morgan fingerprint density at radius 2 is 1.00 bits per heavy atom. The van der Waals surface area contributed by atoms with Crippen molar-refractivity contribution in [1.82, 2.24) is 18.6 Å². The molecule has 17 heteroatoms. The molecule has 0 spiro atoms. The predicted molar refractivity (Wildman–Crippen MR) is 252 cm³/mol. The average molecular weight is 939 g/mol. The van der Waals surface area contributed by atoms with Crippen LogP contribution in [0.3, 0.4) is 0 Å². The summed E-state index contributed by atoms with van der Waals surface area (Å²) in [6.07, 6.45) is 2.78. The molecule has 0 saturated carbocycles. The zero-order valence-corrected chi connectivity index (χ0v) is 40.1. The van der Waals surface area contributed by atoms with Crippen molar-refractivity contribution in [1.29, 1.82) is 0 Å². The lowest BCUT2D eigenvalue weighted by Crippen LogP contribution is -2.14. The van der Waals surface area contributed by atoms with Gasteiger partial charge in [0.05, 0.1) is 26.4 Å². The minimum atomic E-state index is -0.492. The summed E-state index contributed by atoms with van der Waals surface area (Å²) in [5.74, 6) is -0.481. The van der Waals surface area contributed by atoms with Crippen LogP contribution >= 0.6 is 17.9 Å². The molecular weight excluding hydrogens is 883 g/mol. The number of nitrogens with zero attached hydrogens (tertiary/aromatic N) is 2. The Bertz CT molecular complexity index is 2500. The summed E-state index contributed by atoms with van der Waals surface area (Å²) >= 11 is 0. The Labute approximate surface area is 387 Å². The van der Waals surface area contributed by atoms with Crippen molar-refractivity contribution in [2.24, 2.45) is 0 Å². The predicted octanol–water partition coefficient (Wildman–Crippen LogP) is 11.3. The van der Waals surface area contributed by atoms with E-state index in [0.717, 1.165) is 53.2 Å². The van der Waals surface area contributed by atoms with E-state index in [1.165, 1.54) is 0 Å². The minimum Gasteiger partial charge on any atom is -0.461 e. The second-order valence-electron chi connectivity index (χ2n) is 15.5. The summed E-state index contributed by atoms with van der Waals surface area (Å²) in [5.41, 5.74) is 6.26. The number of benzene rings is 2. The zero-order chi connectivity index (χ0) is 46.9. The Hall–Kier alpha value is -6.30. The summed E-state index contributed by atoms with van der Waals surface area (Å²) in [6.45, 7) is 14.0. The van der Waals surface area contributed by atoms with Gasteiger partial charge in [-0.1, -0.05) is 57.9 Å². The number of esters is 4. The van der Waals surface area contributed by atoms with E-state index in [9.17, 15) is 19.2 Å². The molecule has 1 aliphatic heterocycles. The topological polar surface area (TPSA) is 174 Å². The van der Waals surface area contributed by atoms with E-state index in [0.29, 0.717) is 45.8 Å². The molecule has 2 aromatic carbocycles. The molecule has 5 heterocycles. The maximum absolute atomic E-state index is 13.3. The Morgan fingerprint density at radius 1 is 0.576 bits per heavy atom. The highest BCUT2D eigenvalue weighted by atomic mass is 31.1. The molecule has 348 valence electrons. The van der Waals surface area contributed by atoms with Gasteiger partial charge in [0.15, 0.2) is 40.9 Å². The van der Waals surface area contributed by atoms with Gasteiger partial charge in [0, 0.05) is 51.7 Å². The molecule has 0 aliphatic carbocycles. The van der Waals surface area contributed by atoms with E-state index >= 15 is 0 Å². The van der Waals surface area contributed by atoms with E-state index in [2.05, 4.69) is 29.0 Å². The number of hydrogen-bond acceptors (Lipinski definition) is 11. The summed E-state index contributed by atoms with van der Waals surface area (Å²) in [6, 6.07) is 25.9. The van der Waals surface area contributed by atoms with Gasteiger partial charge in [-0.2, -0.15) is 0 Å². The molecular formula is C49H56N4O11P2. The van der Waals surface area contributed by atoms with E-state index in [-0.39, 0.29) is 44.2 Å². The van der Waals surface area contributed by atoms with Crippen LogP contribution in [-0.4, -0.2) is 68.9 Å². The first-order chi connectivity index (χ1) is 32.0. The number of hydrogen-bond donors (Lipinski definition) is 2. The molecule has 4 atom stereocenters. The Morgan fingerprint density at radius 3 is 1.41 bits per heavy atom. The van der Waals surface area contributed by atoms with Gasteiger partial charge in [-0.3, -0.25) is 8.68 Å². The maximum atomic E-state index is 13.3. The largest absolute Gasteiger partial charge is 0.461 e. The summed E-state index contributed by atoms with van der Waals surface area (Å²) in [4.78, 5) is 58.0. The highest BCUT2D eigenvalue weighted by Gasteiger charge is 2.33. The molecule has 4 aromatic heterocycles. The normalized spacial score (nSPS) is 14.1. The van der Waals surface area contributed by atoms with Crippen LogP contribution in [0.5, 0.6) is 23.0 Å². The average Bonchev–Trinajstić information content (AvgIpc) is 4.16. The summed E-state index contributed by atoms with van der Waals surface area (Å²) in [5, 5.41) is 0. The fourth-order valence-corrected chi connectivity index (χ4v) is 9.97. The molecule has 0 bridgehead atoms. The fraction of sp³-hybridized carbons (Fsp3) is 0.347. The van der Waals surface area contributed by atoms with Crippen LogP contribution in [0.25, 0.3) is 0 Å². The number of carbonyl (C=O) groups excluding carboxylic acids is 4. The minimum absolute atomic E-state index is 0.0556. The fourth-order valence-electron chi connectivity index (χ4n) is 7.99. The van der Waals surface area contributed by atoms with Crippen molar-refractivity contribution in [3.8, 4) is 23.0 Å². The van der Waals surface area contributed by atoms with Crippen molar-refractivity contribution in [2.45, 2.75) is 85.5 Å². The number of aromatic nitrogens is 4.